The lowest BCUT2D eigenvalue weighted by molar-refractivity contribution is 0.262. The van der Waals surface area contributed by atoms with Crippen LogP contribution >= 0.6 is 0 Å². The number of benzene rings is 1. The minimum absolute atomic E-state index is 0.258. The zero-order chi connectivity index (χ0) is 16.9. The molecule has 5 N–H and O–H groups in total. The number of nitrogens with zero attached hydrogens (tertiary/aromatic N) is 2. The number of nitrogens with two attached hydrogens (primary N) is 1. The maximum atomic E-state index is 12.2. The third-order valence-corrected chi connectivity index (χ3v) is 3.89. The number of rotatable bonds is 5. The second-order valence-corrected chi connectivity index (χ2v) is 5.85. The normalized spacial score (nSPS) is 12.6. The van der Waals surface area contributed by atoms with Gasteiger partial charge in [0.1, 0.15) is 5.82 Å². The SMILES string of the molecule is Cc1cc(NCCN)nc(NC(=O)Nc2ccc3c(c2)CCC3)n1. The van der Waals surface area contributed by atoms with Crippen LogP contribution in [0.5, 0.6) is 0 Å². The van der Waals surface area contributed by atoms with Crippen molar-refractivity contribution in [3.8, 4) is 0 Å². The van der Waals surface area contributed by atoms with E-state index in [1.165, 1.54) is 17.5 Å². The number of anilines is 3. The molecule has 1 aromatic carbocycles. The number of urea groups is 1. The topological polar surface area (TPSA) is 105 Å². The summed E-state index contributed by atoms with van der Waals surface area (Å²) in [4.78, 5) is 20.7. The van der Waals surface area contributed by atoms with E-state index in [1.54, 1.807) is 6.07 Å². The summed E-state index contributed by atoms with van der Waals surface area (Å²) in [6.45, 7) is 2.96. The Morgan fingerprint density at radius 3 is 2.83 bits per heavy atom. The Bertz CT molecular complexity index is 746. The number of fused-ring (bicyclic) bond motifs is 1. The smallest absolute Gasteiger partial charge is 0.326 e. The number of aromatic nitrogens is 2. The number of nitrogens with one attached hydrogen (secondary N) is 3. The third kappa shape index (κ3) is 3.99. The fourth-order valence-electron chi connectivity index (χ4n) is 2.83. The number of aryl methyl sites for hydroxylation is 3. The monoisotopic (exact) mass is 326 g/mol. The summed E-state index contributed by atoms with van der Waals surface area (Å²) in [6.07, 6.45) is 3.38. The van der Waals surface area contributed by atoms with E-state index in [9.17, 15) is 4.79 Å². The largest absolute Gasteiger partial charge is 0.369 e. The molecule has 2 amide bonds. The highest BCUT2D eigenvalue weighted by atomic mass is 16.2. The van der Waals surface area contributed by atoms with Crippen LogP contribution in [0.1, 0.15) is 23.2 Å². The molecular formula is C17H22N6O. The fourth-order valence-corrected chi connectivity index (χ4v) is 2.83. The molecule has 7 nitrogen and oxygen atoms in total. The highest BCUT2D eigenvalue weighted by molar-refractivity contribution is 5.98. The zero-order valence-corrected chi connectivity index (χ0v) is 13.7. The number of carbonyl (C=O) groups excluding carboxylic acids is 1. The summed E-state index contributed by atoms with van der Waals surface area (Å²) >= 11 is 0. The van der Waals surface area contributed by atoms with Crippen LogP contribution in [0.25, 0.3) is 0 Å². The first-order valence-electron chi connectivity index (χ1n) is 8.13. The molecule has 0 saturated heterocycles. The van der Waals surface area contributed by atoms with Crippen LogP contribution < -0.4 is 21.7 Å². The van der Waals surface area contributed by atoms with Crippen LogP contribution in [0, 0.1) is 6.92 Å². The lowest BCUT2D eigenvalue weighted by atomic mass is 10.1. The van der Waals surface area contributed by atoms with Gasteiger partial charge in [-0.3, -0.25) is 5.32 Å². The molecule has 0 bridgehead atoms. The maximum absolute atomic E-state index is 12.2. The Labute approximate surface area is 141 Å². The Morgan fingerprint density at radius 1 is 1.17 bits per heavy atom. The van der Waals surface area contributed by atoms with Crippen LogP contribution in [0.2, 0.25) is 0 Å². The molecule has 24 heavy (non-hydrogen) atoms. The quantitative estimate of drug-likeness (QED) is 0.675. The Kier molecular flexibility index (Phi) is 4.90. The van der Waals surface area contributed by atoms with Crippen LogP contribution in [-0.4, -0.2) is 29.1 Å². The fraction of sp³-hybridized carbons (Fsp3) is 0.353. The van der Waals surface area contributed by atoms with Crippen LogP contribution in [0.3, 0.4) is 0 Å². The lowest BCUT2D eigenvalue weighted by Crippen LogP contribution is -2.22. The lowest BCUT2D eigenvalue weighted by Gasteiger charge is -2.10. The summed E-state index contributed by atoms with van der Waals surface area (Å²) in [7, 11) is 0. The molecule has 1 heterocycles. The van der Waals surface area contributed by atoms with E-state index >= 15 is 0 Å². The van der Waals surface area contributed by atoms with Gasteiger partial charge in [-0.05, 0) is 49.4 Å². The Balaban J connectivity index is 1.65. The Morgan fingerprint density at radius 2 is 2.00 bits per heavy atom. The molecule has 0 atom stereocenters. The Hall–Kier alpha value is -2.67. The molecule has 126 valence electrons. The summed E-state index contributed by atoms with van der Waals surface area (Å²) in [5, 5.41) is 8.58. The van der Waals surface area contributed by atoms with Crippen molar-refractivity contribution in [1.82, 2.24) is 9.97 Å². The van der Waals surface area contributed by atoms with Crippen molar-refractivity contribution < 1.29 is 4.79 Å². The predicted molar refractivity (Wildman–Crippen MR) is 95.4 cm³/mol. The van der Waals surface area contributed by atoms with E-state index in [0.29, 0.717) is 18.9 Å². The molecule has 0 saturated carbocycles. The van der Waals surface area contributed by atoms with Gasteiger partial charge in [0.05, 0.1) is 0 Å². The van der Waals surface area contributed by atoms with Gasteiger partial charge in [-0.15, -0.1) is 0 Å². The third-order valence-electron chi connectivity index (χ3n) is 3.89. The van der Waals surface area contributed by atoms with Crippen molar-refractivity contribution in [2.75, 3.05) is 29.0 Å². The number of amides is 2. The molecular weight excluding hydrogens is 304 g/mol. The van der Waals surface area contributed by atoms with Crippen molar-refractivity contribution >= 4 is 23.5 Å². The van der Waals surface area contributed by atoms with Gasteiger partial charge in [-0.2, -0.15) is 4.98 Å². The molecule has 2 aromatic rings. The van der Waals surface area contributed by atoms with Crippen LogP contribution in [0.15, 0.2) is 24.3 Å². The summed E-state index contributed by atoms with van der Waals surface area (Å²) in [5.74, 6) is 0.897. The average molecular weight is 326 g/mol. The second-order valence-electron chi connectivity index (χ2n) is 5.85. The molecule has 1 aliphatic carbocycles. The molecule has 1 aromatic heterocycles. The van der Waals surface area contributed by atoms with Crippen molar-refractivity contribution in [3.63, 3.8) is 0 Å². The molecule has 7 heteroatoms. The van der Waals surface area contributed by atoms with E-state index in [0.717, 1.165) is 24.2 Å². The first kappa shape index (κ1) is 16.2. The van der Waals surface area contributed by atoms with Crippen molar-refractivity contribution in [3.05, 3.63) is 41.1 Å². The highest BCUT2D eigenvalue weighted by Gasteiger charge is 2.12. The van der Waals surface area contributed by atoms with Crippen molar-refractivity contribution in [2.24, 2.45) is 5.73 Å². The van der Waals surface area contributed by atoms with E-state index < -0.39 is 0 Å². The molecule has 0 fully saturated rings. The van der Waals surface area contributed by atoms with Gasteiger partial charge in [0.2, 0.25) is 5.95 Å². The van der Waals surface area contributed by atoms with E-state index in [2.05, 4.69) is 32.0 Å². The minimum atomic E-state index is -0.358. The first-order valence-corrected chi connectivity index (χ1v) is 8.13. The van der Waals surface area contributed by atoms with E-state index in [-0.39, 0.29) is 12.0 Å². The zero-order valence-electron chi connectivity index (χ0n) is 13.7. The summed E-state index contributed by atoms with van der Waals surface area (Å²) in [5.41, 5.74) is 9.70. The molecule has 0 unspecified atom stereocenters. The van der Waals surface area contributed by atoms with Gasteiger partial charge < -0.3 is 16.4 Å². The highest BCUT2D eigenvalue weighted by Crippen LogP contribution is 2.24. The predicted octanol–water partition coefficient (Wildman–Crippen LogP) is 2.29. The molecule has 3 rings (SSSR count). The van der Waals surface area contributed by atoms with Gasteiger partial charge >= 0.3 is 6.03 Å². The summed E-state index contributed by atoms with van der Waals surface area (Å²) in [6, 6.07) is 7.49. The minimum Gasteiger partial charge on any atom is -0.369 e. The van der Waals surface area contributed by atoms with Gasteiger partial charge in [0, 0.05) is 30.5 Å². The van der Waals surface area contributed by atoms with Gasteiger partial charge in [0.25, 0.3) is 0 Å². The maximum Gasteiger partial charge on any atom is 0.326 e. The average Bonchev–Trinajstić information content (AvgIpc) is 3.00. The van der Waals surface area contributed by atoms with Crippen molar-refractivity contribution in [2.45, 2.75) is 26.2 Å². The molecule has 0 spiro atoms. The van der Waals surface area contributed by atoms with Crippen LogP contribution in [0.4, 0.5) is 22.2 Å². The van der Waals surface area contributed by atoms with E-state index in [4.69, 9.17) is 5.73 Å². The van der Waals surface area contributed by atoms with Crippen molar-refractivity contribution in [1.29, 1.82) is 0 Å². The van der Waals surface area contributed by atoms with Gasteiger partial charge in [-0.1, -0.05) is 6.07 Å². The number of carbonyl (C=O) groups is 1. The summed E-state index contributed by atoms with van der Waals surface area (Å²) < 4.78 is 0. The van der Waals surface area contributed by atoms with Gasteiger partial charge in [-0.25, -0.2) is 9.78 Å². The molecule has 1 aliphatic rings. The van der Waals surface area contributed by atoms with Gasteiger partial charge in [0.15, 0.2) is 0 Å². The first-order chi connectivity index (χ1) is 11.6. The second kappa shape index (κ2) is 7.27. The molecule has 0 aliphatic heterocycles. The van der Waals surface area contributed by atoms with Crippen LogP contribution in [-0.2, 0) is 12.8 Å². The van der Waals surface area contributed by atoms with E-state index in [1.807, 2.05) is 19.1 Å². The number of hydrogen-bond acceptors (Lipinski definition) is 5. The molecule has 0 radical (unpaired) electrons. The standard InChI is InChI=1S/C17H22N6O/c1-11-9-15(19-8-7-18)22-16(20-11)23-17(24)21-14-6-5-12-3-2-4-13(12)10-14/h5-6,9-10H,2-4,7-8,18H2,1H3,(H3,19,20,21,22,23,24). The number of hydrogen-bond donors (Lipinski definition) is 4.